The van der Waals surface area contributed by atoms with Crippen molar-refractivity contribution in [3.63, 3.8) is 0 Å². The quantitative estimate of drug-likeness (QED) is 0.773. The Bertz CT molecular complexity index is 331. The molecule has 0 spiro atoms. The number of nitrogens with two attached hydrogens (primary N) is 1. The molecule has 0 heterocycles. The van der Waals surface area contributed by atoms with Crippen LogP contribution in [0.2, 0.25) is 0 Å². The summed E-state index contributed by atoms with van der Waals surface area (Å²) in [5.41, 5.74) is 6.62. The van der Waals surface area contributed by atoms with Crippen LogP contribution in [0, 0.1) is 0 Å². The van der Waals surface area contributed by atoms with Crippen LogP contribution in [0.1, 0.15) is 26.3 Å². The lowest BCUT2D eigenvalue weighted by atomic mass is 10.1. The van der Waals surface area contributed by atoms with E-state index in [0.29, 0.717) is 19.8 Å². The van der Waals surface area contributed by atoms with Crippen molar-refractivity contribution in [3.8, 4) is 5.75 Å². The third-order valence-electron chi connectivity index (χ3n) is 2.22. The lowest BCUT2D eigenvalue weighted by Crippen LogP contribution is -2.22. The van der Waals surface area contributed by atoms with Crippen LogP contribution in [0.25, 0.3) is 0 Å². The lowest BCUT2D eigenvalue weighted by molar-refractivity contribution is -0.0163. The van der Waals surface area contributed by atoms with E-state index in [1.165, 1.54) is 5.56 Å². The number of hydrogen-bond donors (Lipinski definition) is 1. The van der Waals surface area contributed by atoms with Gasteiger partial charge < -0.3 is 15.2 Å². The third kappa shape index (κ3) is 6.29. The Hall–Kier alpha value is -1.06. The van der Waals surface area contributed by atoms with Gasteiger partial charge >= 0.3 is 0 Å². The van der Waals surface area contributed by atoms with E-state index in [4.69, 9.17) is 15.2 Å². The van der Waals surface area contributed by atoms with Gasteiger partial charge in [0, 0.05) is 0 Å². The van der Waals surface area contributed by atoms with Gasteiger partial charge in [0.15, 0.2) is 0 Å². The van der Waals surface area contributed by atoms with Crippen LogP contribution in [-0.4, -0.2) is 25.4 Å². The topological polar surface area (TPSA) is 44.5 Å². The fourth-order valence-electron chi connectivity index (χ4n) is 1.46. The Balaban J connectivity index is 2.34. The zero-order chi connectivity index (χ0) is 12.7. The molecule has 3 nitrogen and oxygen atoms in total. The molecule has 0 saturated heterocycles. The molecule has 0 aliphatic heterocycles. The van der Waals surface area contributed by atoms with E-state index in [9.17, 15) is 0 Å². The van der Waals surface area contributed by atoms with Gasteiger partial charge in [-0.3, -0.25) is 0 Å². The number of benzene rings is 1. The second-order valence-electron chi connectivity index (χ2n) is 5.00. The standard InChI is InChI=1S/C14H23NO2/c1-14(2,3)17-10-9-16-13-6-4-5-12(11-13)7-8-15/h4-6,11H,7-10,15H2,1-3H3. The molecule has 1 rings (SSSR count). The molecule has 0 bridgehead atoms. The third-order valence-corrected chi connectivity index (χ3v) is 2.22. The first-order valence-electron chi connectivity index (χ1n) is 6.07. The molecule has 0 aromatic heterocycles. The van der Waals surface area contributed by atoms with Crippen molar-refractivity contribution in [1.29, 1.82) is 0 Å². The first-order chi connectivity index (χ1) is 8.01. The number of rotatable bonds is 6. The van der Waals surface area contributed by atoms with E-state index >= 15 is 0 Å². The average Bonchev–Trinajstić information content (AvgIpc) is 2.24. The van der Waals surface area contributed by atoms with E-state index < -0.39 is 0 Å². The van der Waals surface area contributed by atoms with Crippen molar-refractivity contribution in [2.75, 3.05) is 19.8 Å². The fourth-order valence-corrected chi connectivity index (χ4v) is 1.46. The van der Waals surface area contributed by atoms with Crippen LogP contribution >= 0.6 is 0 Å². The van der Waals surface area contributed by atoms with Gasteiger partial charge in [0.25, 0.3) is 0 Å². The minimum atomic E-state index is -0.106. The molecule has 1 aromatic carbocycles. The molecular formula is C14H23NO2. The van der Waals surface area contributed by atoms with Crippen molar-refractivity contribution in [2.24, 2.45) is 5.73 Å². The molecule has 1 aromatic rings. The maximum atomic E-state index is 5.62. The molecule has 0 amide bonds. The summed E-state index contributed by atoms with van der Waals surface area (Å²) in [4.78, 5) is 0. The van der Waals surface area contributed by atoms with Gasteiger partial charge in [0.2, 0.25) is 0 Å². The smallest absolute Gasteiger partial charge is 0.119 e. The largest absolute Gasteiger partial charge is 0.491 e. The lowest BCUT2D eigenvalue weighted by Gasteiger charge is -2.19. The normalized spacial score (nSPS) is 11.5. The fraction of sp³-hybridized carbons (Fsp3) is 0.571. The van der Waals surface area contributed by atoms with Crippen molar-refractivity contribution in [2.45, 2.75) is 32.8 Å². The predicted octanol–water partition coefficient (Wildman–Crippen LogP) is 2.38. The Morgan fingerprint density at radius 3 is 2.59 bits per heavy atom. The first-order valence-corrected chi connectivity index (χ1v) is 6.07. The maximum Gasteiger partial charge on any atom is 0.119 e. The van der Waals surface area contributed by atoms with E-state index in [0.717, 1.165) is 12.2 Å². The van der Waals surface area contributed by atoms with Gasteiger partial charge in [0.1, 0.15) is 12.4 Å². The van der Waals surface area contributed by atoms with Crippen molar-refractivity contribution in [3.05, 3.63) is 29.8 Å². The molecule has 0 aliphatic carbocycles. The summed E-state index contributed by atoms with van der Waals surface area (Å²) in [6.45, 7) is 7.95. The van der Waals surface area contributed by atoms with Crippen LogP contribution in [0.5, 0.6) is 5.75 Å². The van der Waals surface area contributed by atoms with Crippen molar-refractivity contribution >= 4 is 0 Å². The zero-order valence-electron chi connectivity index (χ0n) is 11.0. The number of hydrogen-bond acceptors (Lipinski definition) is 3. The Labute approximate surface area is 104 Å². The second-order valence-corrected chi connectivity index (χ2v) is 5.00. The van der Waals surface area contributed by atoms with E-state index in [1.54, 1.807) is 0 Å². The summed E-state index contributed by atoms with van der Waals surface area (Å²) in [6, 6.07) is 8.04. The monoisotopic (exact) mass is 237 g/mol. The molecule has 17 heavy (non-hydrogen) atoms. The Kier molecular flexibility index (Phi) is 5.45. The summed E-state index contributed by atoms with van der Waals surface area (Å²) in [5.74, 6) is 0.883. The van der Waals surface area contributed by atoms with Gasteiger partial charge in [-0.15, -0.1) is 0 Å². The van der Waals surface area contributed by atoms with E-state index in [2.05, 4.69) is 6.07 Å². The molecule has 0 aliphatic rings. The van der Waals surface area contributed by atoms with Crippen LogP contribution < -0.4 is 10.5 Å². The minimum absolute atomic E-state index is 0.106. The highest BCUT2D eigenvalue weighted by molar-refractivity contribution is 5.28. The molecule has 0 saturated carbocycles. The van der Waals surface area contributed by atoms with Crippen LogP contribution in [0.15, 0.2) is 24.3 Å². The van der Waals surface area contributed by atoms with Crippen molar-refractivity contribution < 1.29 is 9.47 Å². The molecule has 0 radical (unpaired) electrons. The average molecular weight is 237 g/mol. The second kappa shape index (κ2) is 6.62. The van der Waals surface area contributed by atoms with Crippen LogP contribution in [0.4, 0.5) is 0 Å². The maximum absolute atomic E-state index is 5.62. The van der Waals surface area contributed by atoms with Gasteiger partial charge in [0.05, 0.1) is 12.2 Å². The van der Waals surface area contributed by atoms with E-state index in [-0.39, 0.29) is 5.60 Å². The summed E-state index contributed by atoms with van der Waals surface area (Å²) in [5, 5.41) is 0. The highest BCUT2D eigenvalue weighted by Crippen LogP contribution is 2.14. The molecule has 96 valence electrons. The van der Waals surface area contributed by atoms with Gasteiger partial charge in [-0.25, -0.2) is 0 Å². The Morgan fingerprint density at radius 2 is 1.94 bits per heavy atom. The first kappa shape index (κ1) is 14.0. The Morgan fingerprint density at radius 1 is 1.18 bits per heavy atom. The summed E-state index contributed by atoms with van der Waals surface area (Å²) >= 11 is 0. The van der Waals surface area contributed by atoms with Crippen LogP contribution in [-0.2, 0) is 11.2 Å². The summed E-state index contributed by atoms with van der Waals surface area (Å²) in [7, 11) is 0. The molecule has 0 atom stereocenters. The zero-order valence-corrected chi connectivity index (χ0v) is 11.0. The number of ether oxygens (including phenoxy) is 2. The van der Waals surface area contributed by atoms with Crippen LogP contribution in [0.3, 0.4) is 0 Å². The van der Waals surface area contributed by atoms with Crippen molar-refractivity contribution in [1.82, 2.24) is 0 Å². The molecule has 3 heteroatoms. The summed E-state index contributed by atoms with van der Waals surface area (Å²) < 4.78 is 11.2. The molecular weight excluding hydrogens is 214 g/mol. The SMILES string of the molecule is CC(C)(C)OCCOc1cccc(CCN)c1. The predicted molar refractivity (Wildman–Crippen MR) is 70.4 cm³/mol. The minimum Gasteiger partial charge on any atom is -0.491 e. The van der Waals surface area contributed by atoms with Gasteiger partial charge in [-0.2, -0.15) is 0 Å². The molecule has 2 N–H and O–H groups in total. The van der Waals surface area contributed by atoms with Gasteiger partial charge in [-0.1, -0.05) is 12.1 Å². The van der Waals surface area contributed by atoms with Gasteiger partial charge in [-0.05, 0) is 51.4 Å². The molecule has 0 unspecified atom stereocenters. The summed E-state index contributed by atoms with van der Waals surface area (Å²) in [6.07, 6.45) is 0.885. The highest BCUT2D eigenvalue weighted by atomic mass is 16.5. The van der Waals surface area contributed by atoms with E-state index in [1.807, 2.05) is 39.0 Å². The highest BCUT2D eigenvalue weighted by Gasteiger charge is 2.09. The molecule has 0 fully saturated rings.